The average Bonchev–Trinajstić information content (AvgIpc) is 3.31. The van der Waals surface area contributed by atoms with Crippen molar-refractivity contribution in [1.29, 1.82) is 0 Å². The minimum atomic E-state index is -0.266. The standard InChI is InChI=1S/C19H17N5O3S/c1-11-4-5-12(18-23-24-10-20-22-19(24)28-18)8-15(11)21-17(25)14-7-6-13(26-2)9-16(14)27-3/h4-10H,1-3H3,(H,21,25). The minimum absolute atomic E-state index is 0.266. The highest BCUT2D eigenvalue weighted by Gasteiger charge is 2.16. The van der Waals surface area contributed by atoms with Crippen LogP contribution < -0.4 is 14.8 Å². The Morgan fingerprint density at radius 2 is 2.00 bits per heavy atom. The first-order valence-corrected chi connectivity index (χ1v) is 9.22. The second-order valence-corrected chi connectivity index (χ2v) is 6.97. The number of aromatic nitrogens is 4. The molecule has 2 aromatic carbocycles. The lowest BCUT2D eigenvalue weighted by Gasteiger charge is -2.13. The highest BCUT2D eigenvalue weighted by atomic mass is 32.1. The maximum Gasteiger partial charge on any atom is 0.259 e. The molecule has 0 unspecified atom stereocenters. The summed E-state index contributed by atoms with van der Waals surface area (Å²) in [6.07, 6.45) is 1.56. The molecule has 2 heterocycles. The highest BCUT2D eigenvalue weighted by Crippen LogP contribution is 2.30. The van der Waals surface area contributed by atoms with Crippen LogP contribution >= 0.6 is 11.3 Å². The number of carbonyl (C=O) groups excluding carboxylic acids is 1. The van der Waals surface area contributed by atoms with Crippen LogP contribution in [0.25, 0.3) is 15.5 Å². The Hall–Kier alpha value is -3.46. The highest BCUT2D eigenvalue weighted by molar-refractivity contribution is 7.19. The summed E-state index contributed by atoms with van der Waals surface area (Å²) in [7, 11) is 3.08. The summed E-state index contributed by atoms with van der Waals surface area (Å²) in [4.78, 5) is 13.5. The molecule has 8 nitrogen and oxygen atoms in total. The van der Waals surface area contributed by atoms with E-state index in [4.69, 9.17) is 9.47 Å². The maximum atomic E-state index is 12.8. The van der Waals surface area contributed by atoms with E-state index < -0.39 is 0 Å². The number of methoxy groups -OCH3 is 2. The van der Waals surface area contributed by atoms with E-state index >= 15 is 0 Å². The van der Waals surface area contributed by atoms with Gasteiger partial charge in [-0.25, -0.2) is 0 Å². The molecule has 0 spiro atoms. The Bertz CT molecular complexity index is 1140. The summed E-state index contributed by atoms with van der Waals surface area (Å²) in [5, 5.41) is 16.0. The molecule has 0 saturated heterocycles. The topological polar surface area (TPSA) is 90.6 Å². The summed E-state index contributed by atoms with van der Waals surface area (Å²) < 4.78 is 12.1. The lowest BCUT2D eigenvalue weighted by molar-refractivity contribution is 0.102. The molecule has 1 amide bonds. The van der Waals surface area contributed by atoms with Crippen molar-refractivity contribution in [3.63, 3.8) is 0 Å². The summed E-state index contributed by atoms with van der Waals surface area (Å²) in [6.45, 7) is 1.93. The zero-order valence-corrected chi connectivity index (χ0v) is 16.3. The van der Waals surface area contributed by atoms with E-state index in [2.05, 4.69) is 20.6 Å². The summed E-state index contributed by atoms with van der Waals surface area (Å²) in [5.74, 6) is 0.798. The third-order valence-corrected chi connectivity index (χ3v) is 5.23. The molecular formula is C19H17N5O3S. The van der Waals surface area contributed by atoms with Gasteiger partial charge in [0.25, 0.3) is 5.91 Å². The molecule has 0 aliphatic carbocycles. The van der Waals surface area contributed by atoms with E-state index in [0.717, 1.165) is 16.1 Å². The summed E-state index contributed by atoms with van der Waals surface area (Å²) in [6, 6.07) is 10.9. The van der Waals surface area contributed by atoms with E-state index in [9.17, 15) is 4.79 Å². The molecule has 0 atom stereocenters. The lowest BCUT2D eigenvalue weighted by atomic mass is 10.1. The van der Waals surface area contributed by atoms with Crippen molar-refractivity contribution in [2.75, 3.05) is 19.5 Å². The molecule has 9 heteroatoms. The molecular weight excluding hydrogens is 378 g/mol. The van der Waals surface area contributed by atoms with Crippen LogP contribution in [-0.2, 0) is 0 Å². The third kappa shape index (κ3) is 3.27. The zero-order valence-electron chi connectivity index (χ0n) is 15.5. The van der Waals surface area contributed by atoms with Gasteiger partial charge in [0.05, 0.1) is 19.8 Å². The Morgan fingerprint density at radius 1 is 1.14 bits per heavy atom. The number of fused-ring (bicyclic) bond motifs is 1. The fourth-order valence-electron chi connectivity index (χ4n) is 2.74. The van der Waals surface area contributed by atoms with Gasteiger partial charge in [-0.2, -0.15) is 9.61 Å². The summed E-state index contributed by atoms with van der Waals surface area (Å²) >= 11 is 1.43. The number of benzene rings is 2. The van der Waals surface area contributed by atoms with Gasteiger partial charge in [0.2, 0.25) is 4.96 Å². The minimum Gasteiger partial charge on any atom is -0.497 e. The summed E-state index contributed by atoms with van der Waals surface area (Å²) in [5.41, 5.74) is 2.95. The van der Waals surface area contributed by atoms with Gasteiger partial charge in [0, 0.05) is 17.3 Å². The maximum absolute atomic E-state index is 12.8. The number of carbonyl (C=O) groups is 1. The van der Waals surface area contributed by atoms with Gasteiger partial charge >= 0.3 is 0 Å². The van der Waals surface area contributed by atoms with Crippen LogP contribution in [0.3, 0.4) is 0 Å². The molecule has 0 aliphatic rings. The number of nitrogens with one attached hydrogen (secondary N) is 1. The van der Waals surface area contributed by atoms with Crippen LogP contribution in [0.15, 0.2) is 42.7 Å². The van der Waals surface area contributed by atoms with Crippen LogP contribution in [0.4, 0.5) is 5.69 Å². The van der Waals surface area contributed by atoms with E-state index in [1.165, 1.54) is 18.4 Å². The van der Waals surface area contributed by atoms with E-state index in [-0.39, 0.29) is 5.91 Å². The average molecular weight is 395 g/mol. The number of amides is 1. The molecule has 0 radical (unpaired) electrons. The normalized spacial score (nSPS) is 10.8. The largest absolute Gasteiger partial charge is 0.497 e. The van der Waals surface area contributed by atoms with Crippen molar-refractivity contribution in [3.8, 4) is 22.1 Å². The Balaban J connectivity index is 1.64. The predicted octanol–water partition coefficient (Wildman–Crippen LogP) is 3.43. The first-order valence-electron chi connectivity index (χ1n) is 8.40. The fourth-order valence-corrected chi connectivity index (χ4v) is 3.56. The number of hydrogen-bond donors (Lipinski definition) is 1. The van der Waals surface area contributed by atoms with E-state index in [0.29, 0.717) is 27.7 Å². The number of hydrogen-bond acceptors (Lipinski definition) is 7. The van der Waals surface area contributed by atoms with Crippen molar-refractivity contribution in [2.45, 2.75) is 6.92 Å². The van der Waals surface area contributed by atoms with Crippen LogP contribution in [-0.4, -0.2) is 39.9 Å². The van der Waals surface area contributed by atoms with Crippen LogP contribution in [0, 0.1) is 6.92 Å². The van der Waals surface area contributed by atoms with Crippen molar-refractivity contribution in [1.82, 2.24) is 19.8 Å². The molecule has 28 heavy (non-hydrogen) atoms. The molecule has 4 aromatic rings. The number of aryl methyl sites for hydroxylation is 1. The van der Waals surface area contributed by atoms with Crippen molar-refractivity contribution in [3.05, 3.63) is 53.9 Å². The SMILES string of the molecule is COc1ccc(C(=O)Nc2cc(-c3nn4cnnc4s3)ccc2C)c(OC)c1. The number of anilines is 1. The Labute approximate surface area is 164 Å². The smallest absolute Gasteiger partial charge is 0.259 e. The number of nitrogens with zero attached hydrogens (tertiary/aromatic N) is 4. The molecule has 0 saturated carbocycles. The number of rotatable bonds is 5. The Kier molecular flexibility index (Phi) is 4.66. The van der Waals surface area contributed by atoms with Crippen LogP contribution in [0.1, 0.15) is 15.9 Å². The van der Waals surface area contributed by atoms with Crippen molar-refractivity contribution < 1.29 is 14.3 Å². The van der Waals surface area contributed by atoms with Gasteiger partial charge in [-0.1, -0.05) is 23.5 Å². The molecule has 0 aliphatic heterocycles. The Morgan fingerprint density at radius 3 is 2.75 bits per heavy atom. The third-order valence-electron chi connectivity index (χ3n) is 4.27. The molecule has 2 aromatic heterocycles. The van der Waals surface area contributed by atoms with E-state index in [1.807, 2.05) is 25.1 Å². The molecule has 0 bridgehead atoms. The monoisotopic (exact) mass is 395 g/mol. The quantitative estimate of drug-likeness (QED) is 0.557. The zero-order chi connectivity index (χ0) is 19.7. The lowest BCUT2D eigenvalue weighted by Crippen LogP contribution is -2.14. The number of ether oxygens (including phenoxy) is 2. The predicted molar refractivity (Wildman–Crippen MR) is 106 cm³/mol. The van der Waals surface area contributed by atoms with Gasteiger partial charge in [0.15, 0.2) is 0 Å². The van der Waals surface area contributed by atoms with Gasteiger partial charge in [-0.15, -0.1) is 10.2 Å². The van der Waals surface area contributed by atoms with Crippen molar-refractivity contribution >= 4 is 27.9 Å². The van der Waals surface area contributed by atoms with Crippen LogP contribution in [0.2, 0.25) is 0 Å². The van der Waals surface area contributed by atoms with Crippen LogP contribution in [0.5, 0.6) is 11.5 Å². The molecule has 4 rings (SSSR count). The molecule has 1 N–H and O–H groups in total. The second kappa shape index (κ2) is 7.28. The van der Waals surface area contributed by atoms with E-state index in [1.54, 1.807) is 36.2 Å². The fraction of sp³-hybridized carbons (Fsp3) is 0.158. The first-order chi connectivity index (χ1) is 13.6. The second-order valence-electron chi connectivity index (χ2n) is 6.02. The van der Waals surface area contributed by atoms with Gasteiger partial charge in [-0.05, 0) is 30.7 Å². The molecule has 0 fully saturated rings. The van der Waals surface area contributed by atoms with Gasteiger partial charge in [-0.3, -0.25) is 4.79 Å². The van der Waals surface area contributed by atoms with Crippen molar-refractivity contribution in [2.24, 2.45) is 0 Å². The van der Waals surface area contributed by atoms with Gasteiger partial charge in [0.1, 0.15) is 22.8 Å². The van der Waals surface area contributed by atoms with Gasteiger partial charge < -0.3 is 14.8 Å². The first kappa shape index (κ1) is 17.9. The molecule has 142 valence electrons.